The molecule has 1 aromatic rings. The van der Waals surface area contributed by atoms with Gasteiger partial charge in [0.05, 0.1) is 25.9 Å². The average molecular weight is 537 g/mol. The third-order valence-electron chi connectivity index (χ3n) is 4.72. The van der Waals surface area contributed by atoms with Crippen molar-refractivity contribution in [3.63, 3.8) is 0 Å². The summed E-state index contributed by atoms with van der Waals surface area (Å²) in [4.78, 5) is 4.60. The van der Waals surface area contributed by atoms with Crippen molar-refractivity contribution in [2.45, 2.75) is 45.6 Å². The van der Waals surface area contributed by atoms with E-state index in [-0.39, 0.29) is 35.8 Å². The van der Waals surface area contributed by atoms with E-state index in [4.69, 9.17) is 14.2 Å². The van der Waals surface area contributed by atoms with Crippen LogP contribution in [0.2, 0.25) is 0 Å². The van der Waals surface area contributed by atoms with Gasteiger partial charge in [0.15, 0.2) is 17.5 Å². The first-order valence-corrected chi connectivity index (χ1v) is 10.7. The second kappa shape index (κ2) is 15.6. The first-order chi connectivity index (χ1) is 14.1. The highest BCUT2D eigenvalue weighted by molar-refractivity contribution is 14.0. The van der Waals surface area contributed by atoms with Crippen LogP contribution in [0.4, 0.5) is 4.39 Å². The van der Waals surface area contributed by atoms with Crippen LogP contribution in [0.25, 0.3) is 0 Å². The summed E-state index contributed by atoms with van der Waals surface area (Å²) < 4.78 is 30.3. The molecule has 1 aliphatic carbocycles. The Morgan fingerprint density at radius 2 is 2.03 bits per heavy atom. The van der Waals surface area contributed by atoms with Gasteiger partial charge in [-0.05, 0) is 63.1 Å². The first kappa shape index (κ1) is 26.9. The zero-order valence-corrected chi connectivity index (χ0v) is 20.7. The van der Waals surface area contributed by atoms with Crippen LogP contribution >= 0.6 is 24.0 Å². The molecule has 6 nitrogen and oxygen atoms in total. The highest BCUT2D eigenvalue weighted by Crippen LogP contribution is 2.30. The van der Waals surface area contributed by atoms with Gasteiger partial charge in [0, 0.05) is 26.8 Å². The van der Waals surface area contributed by atoms with Gasteiger partial charge in [0.25, 0.3) is 0 Å². The fourth-order valence-electron chi connectivity index (χ4n) is 2.76. The molecule has 1 atom stereocenters. The number of guanidine groups is 1. The minimum atomic E-state index is -0.313. The van der Waals surface area contributed by atoms with Crippen LogP contribution in [0.5, 0.6) is 5.75 Å². The Labute approximate surface area is 197 Å². The van der Waals surface area contributed by atoms with Crippen molar-refractivity contribution in [3.8, 4) is 5.75 Å². The van der Waals surface area contributed by atoms with Crippen LogP contribution in [-0.4, -0.2) is 52.6 Å². The van der Waals surface area contributed by atoms with E-state index < -0.39 is 0 Å². The molecule has 0 radical (unpaired) electrons. The molecule has 0 heterocycles. The maximum Gasteiger partial charge on any atom is 0.191 e. The van der Waals surface area contributed by atoms with Crippen molar-refractivity contribution in [2.24, 2.45) is 10.9 Å². The Balaban J connectivity index is 0.00000450. The summed E-state index contributed by atoms with van der Waals surface area (Å²) in [5, 5.41) is 6.58. The minimum Gasteiger partial charge on any atom is -0.490 e. The molecule has 2 rings (SSSR count). The quantitative estimate of drug-likeness (QED) is 0.161. The number of unbranched alkanes of at least 4 members (excludes halogenated alkanes) is 1. The van der Waals surface area contributed by atoms with E-state index in [0.717, 1.165) is 30.9 Å². The smallest absolute Gasteiger partial charge is 0.191 e. The van der Waals surface area contributed by atoms with Gasteiger partial charge in [0.2, 0.25) is 0 Å². The summed E-state index contributed by atoms with van der Waals surface area (Å²) in [6.07, 6.45) is 4.28. The Morgan fingerprint density at radius 3 is 2.70 bits per heavy atom. The number of hydrogen-bond acceptors (Lipinski definition) is 4. The molecule has 1 aliphatic rings. The van der Waals surface area contributed by atoms with Gasteiger partial charge in [-0.3, -0.25) is 4.99 Å². The second-order valence-corrected chi connectivity index (χ2v) is 7.38. The standard InChI is InChI=1S/C22H36FN3O3.HI/c1-4-24-22(25-11-5-6-12-28-14-13-27-3)26-17(2)19-9-10-21(20(23)15-19)29-16-18-7-8-18;/h9-10,15,17-18H,4-8,11-14,16H2,1-3H3,(H2,24,25,26);1H. The maximum absolute atomic E-state index is 14.3. The number of ether oxygens (including phenoxy) is 3. The monoisotopic (exact) mass is 537 g/mol. The second-order valence-electron chi connectivity index (χ2n) is 7.38. The summed E-state index contributed by atoms with van der Waals surface area (Å²) >= 11 is 0. The molecule has 1 fully saturated rings. The van der Waals surface area contributed by atoms with Crippen molar-refractivity contribution >= 4 is 29.9 Å². The van der Waals surface area contributed by atoms with Crippen molar-refractivity contribution in [2.75, 3.05) is 46.6 Å². The van der Waals surface area contributed by atoms with E-state index in [1.807, 2.05) is 19.9 Å². The maximum atomic E-state index is 14.3. The molecular weight excluding hydrogens is 500 g/mol. The molecule has 1 saturated carbocycles. The molecule has 0 aliphatic heterocycles. The molecule has 0 saturated heterocycles. The molecule has 0 bridgehead atoms. The summed E-state index contributed by atoms with van der Waals surface area (Å²) in [5.74, 6) is 1.36. The lowest BCUT2D eigenvalue weighted by Gasteiger charge is -2.19. The third-order valence-corrected chi connectivity index (χ3v) is 4.72. The molecule has 30 heavy (non-hydrogen) atoms. The topological polar surface area (TPSA) is 64.1 Å². The average Bonchev–Trinajstić information content (AvgIpc) is 3.53. The minimum absolute atomic E-state index is 0. The Morgan fingerprint density at radius 1 is 1.23 bits per heavy atom. The van der Waals surface area contributed by atoms with Crippen molar-refractivity contribution in [3.05, 3.63) is 29.6 Å². The molecule has 2 N–H and O–H groups in total. The largest absolute Gasteiger partial charge is 0.490 e. The molecule has 8 heteroatoms. The van der Waals surface area contributed by atoms with E-state index in [1.54, 1.807) is 19.2 Å². The van der Waals surface area contributed by atoms with Crippen molar-refractivity contribution in [1.29, 1.82) is 0 Å². The molecule has 1 unspecified atom stereocenters. The van der Waals surface area contributed by atoms with Crippen LogP contribution in [-0.2, 0) is 9.47 Å². The number of nitrogens with one attached hydrogen (secondary N) is 2. The lowest BCUT2D eigenvalue weighted by atomic mass is 10.1. The van der Waals surface area contributed by atoms with Gasteiger partial charge in [-0.25, -0.2) is 4.39 Å². The fraction of sp³-hybridized carbons (Fsp3) is 0.682. The Bertz CT molecular complexity index is 630. The van der Waals surface area contributed by atoms with Gasteiger partial charge in [-0.15, -0.1) is 24.0 Å². The highest BCUT2D eigenvalue weighted by Gasteiger charge is 2.22. The number of aliphatic imine (C=N–C) groups is 1. The van der Waals surface area contributed by atoms with Crippen LogP contribution in [0.1, 0.15) is 51.1 Å². The Kier molecular flexibility index (Phi) is 14.0. The van der Waals surface area contributed by atoms with Crippen LogP contribution in [0.15, 0.2) is 23.2 Å². The van der Waals surface area contributed by atoms with Gasteiger partial charge in [-0.1, -0.05) is 6.07 Å². The normalized spacial score (nSPS) is 14.7. The molecule has 172 valence electrons. The van der Waals surface area contributed by atoms with E-state index in [9.17, 15) is 4.39 Å². The number of methoxy groups -OCH3 is 1. The SMILES string of the molecule is CCNC(=NCCCCOCCOC)NC(C)c1ccc(OCC2CC2)c(F)c1.I. The molecule has 0 spiro atoms. The van der Waals surface area contributed by atoms with Crippen molar-refractivity contribution < 1.29 is 18.6 Å². The predicted molar refractivity (Wildman–Crippen MR) is 129 cm³/mol. The molecule has 0 aromatic heterocycles. The van der Waals surface area contributed by atoms with E-state index in [2.05, 4.69) is 15.6 Å². The zero-order chi connectivity index (χ0) is 20.9. The van der Waals surface area contributed by atoms with Gasteiger partial charge >= 0.3 is 0 Å². The van der Waals surface area contributed by atoms with Crippen LogP contribution < -0.4 is 15.4 Å². The number of nitrogens with zero attached hydrogens (tertiary/aromatic N) is 1. The summed E-state index contributed by atoms with van der Waals surface area (Å²) in [6, 6.07) is 5.10. The number of rotatable bonds is 14. The van der Waals surface area contributed by atoms with E-state index >= 15 is 0 Å². The van der Waals surface area contributed by atoms with Crippen molar-refractivity contribution in [1.82, 2.24) is 10.6 Å². The summed E-state index contributed by atoms with van der Waals surface area (Å²) in [7, 11) is 1.67. The summed E-state index contributed by atoms with van der Waals surface area (Å²) in [6.45, 7) is 8.07. The molecule has 0 amide bonds. The van der Waals surface area contributed by atoms with Crippen LogP contribution in [0.3, 0.4) is 0 Å². The van der Waals surface area contributed by atoms with E-state index in [1.165, 1.54) is 12.8 Å². The lowest BCUT2D eigenvalue weighted by Crippen LogP contribution is -2.38. The van der Waals surface area contributed by atoms with Crippen LogP contribution in [0, 0.1) is 11.7 Å². The van der Waals surface area contributed by atoms with Gasteiger partial charge in [-0.2, -0.15) is 0 Å². The Hall–Kier alpha value is -1.13. The van der Waals surface area contributed by atoms with E-state index in [0.29, 0.717) is 44.6 Å². The number of halogens is 2. The number of benzene rings is 1. The lowest BCUT2D eigenvalue weighted by molar-refractivity contribution is 0.0690. The highest BCUT2D eigenvalue weighted by atomic mass is 127. The van der Waals surface area contributed by atoms with Gasteiger partial charge < -0.3 is 24.8 Å². The third kappa shape index (κ3) is 10.8. The fourth-order valence-corrected chi connectivity index (χ4v) is 2.76. The predicted octanol–water partition coefficient (Wildman–Crippen LogP) is 4.29. The molecular formula is C22H37FIN3O3. The van der Waals surface area contributed by atoms with Gasteiger partial charge in [0.1, 0.15) is 0 Å². The number of hydrogen-bond donors (Lipinski definition) is 2. The summed E-state index contributed by atoms with van der Waals surface area (Å²) in [5.41, 5.74) is 0.860. The molecule has 1 aromatic carbocycles. The zero-order valence-electron chi connectivity index (χ0n) is 18.4. The first-order valence-electron chi connectivity index (χ1n) is 10.7.